The molecule has 1 N–H and O–H groups in total. The average molecular weight is 277 g/mol. The maximum Gasteiger partial charge on any atom is 0.137 e. The molecule has 0 radical (unpaired) electrons. The van der Waals surface area contributed by atoms with Crippen LogP contribution in [0, 0.1) is 6.92 Å². The van der Waals surface area contributed by atoms with Crippen LogP contribution in [0.5, 0.6) is 5.75 Å². The minimum Gasteiger partial charge on any atom is -0.495 e. The van der Waals surface area contributed by atoms with Crippen molar-refractivity contribution in [1.82, 2.24) is 0 Å². The van der Waals surface area contributed by atoms with E-state index in [4.69, 9.17) is 16.3 Å². The van der Waals surface area contributed by atoms with Crippen molar-refractivity contribution in [2.45, 2.75) is 19.4 Å². The van der Waals surface area contributed by atoms with Gasteiger partial charge in [-0.05, 0) is 30.2 Å². The first-order chi connectivity index (χ1) is 9.10. The molecule has 0 fully saturated rings. The van der Waals surface area contributed by atoms with Crippen molar-refractivity contribution < 1.29 is 9.84 Å². The Morgan fingerprint density at radius 1 is 1.21 bits per heavy atom. The van der Waals surface area contributed by atoms with Crippen LogP contribution in [0.3, 0.4) is 0 Å². The molecule has 2 nitrogen and oxygen atoms in total. The van der Waals surface area contributed by atoms with E-state index in [0.717, 1.165) is 11.1 Å². The highest BCUT2D eigenvalue weighted by molar-refractivity contribution is 6.32. The predicted molar refractivity (Wildman–Crippen MR) is 77.8 cm³/mol. The molecule has 0 aliphatic rings. The predicted octanol–water partition coefficient (Wildman–Crippen LogP) is 3.93. The Hall–Kier alpha value is -1.51. The number of ether oxygens (including phenoxy) is 1. The van der Waals surface area contributed by atoms with E-state index in [9.17, 15) is 5.11 Å². The maximum absolute atomic E-state index is 10.3. The number of aliphatic hydroxyl groups excluding tert-OH is 1. The lowest BCUT2D eigenvalue weighted by molar-refractivity contribution is 0.178. The molecule has 0 aromatic heterocycles. The van der Waals surface area contributed by atoms with E-state index >= 15 is 0 Å². The summed E-state index contributed by atoms with van der Waals surface area (Å²) < 4.78 is 5.10. The molecule has 0 aliphatic heterocycles. The van der Waals surface area contributed by atoms with Gasteiger partial charge in [-0.15, -0.1) is 0 Å². The number of rotatable bonds is 4. The van der Waals surface area contributed by atoms with Crippen LogP contribution in [0.1, 0.15) is 22.8 Å². The Morgan fingerprint density at radius 3 is 2.63 bits per heavy atom. The van der Waals surface area contributed by atoms with Crippen molar-refractivity contribution in [1.29, 1.82) is 0 Å². The summed E-state index contributed by atoms with van der Waals surface area (Å²) in [6.45, 7) is 2.04. The van der Waals surface area contributed by atoms with Crippen LogP contribution in [0.15, 0.2) is 42.5 Å². The summed E-state index contributed by atoms with van der Waals surface area (Å²) in [5, 5.41) is 10.8. The Kier molecular flexibility index (Phi) is 4.46. The van der Waals surface area contributed by atoms with Gasteiger partial charge in [0.2, 0.25) is 0 Å². The minimum atomic E-state index is -0.565. The number of halogens is 1. The number of aryl methyl sites for hydroxylation is 1. The second-order valence-electron chi connectivity index (χ2n) is 4.60. The minimum absolute atomic E-state index is 0.517. The van der Waals surface area contributed by atoms with Gasteiger partial charge < -0.3 is 9.84 Å². The van der Waals surface area contributed by atoms with E-state index in [0.29, 0.717) is 17.2 Å². The Bertz CT molecular complexity index is 566. The SMILES string of the molecule is COc1ccc(C(O)Cc2cccc(C)c2)cc1Cl. The van der Waals surface area contributed by atoms with Crippen molar-refractivity contribution in [2.24, 2.45) is 0 Å². The van der Waals surface area contributed by atoms with Crippen LogP contribution in [-0.2, 0) is 6.42 Å². The van der Waals surface area contributed by atoms with Gasteiger partial charge in [-0.2, -0.15) is 0 Å². The zero-order chi connectivity index (χ0) is 13.8. The molecular weight excluding hydrogens is 260 g/mol. The number of hydrogen-bond acceptors (Lipinski definition) is 2. The maximum atomic E-state index is 10.3. The van der Waals surface area contributed by atoms with Crippen LogP contribution in [0.25, 0.3) is 0 Å². The van der Waals surface area contributed by atoms with Gasteiger partial charge in [-0.25, -0.2) is 0 Å². The van der Waals surface area contributed by atoms with Gasteiger partial charge in [0.15, 0.2) is 0 Å². The molecule has 0 aliphatic carbocycles. The van der Waals surface area contributed by atoms with Gasteiger partial charge in [0.25, 0.3) is 0 Å². The van der Waals surface area contributed by atoms with Gasteiger partial charge in [0.1, 0.15) is 5.75 Å². The van der Waals surface area contributed by atoms with Crippen molar-refractivity contribution in [3.8, 4) is 5.75 Å². The number of hydrogen-bond donors (Lipinski definition) is 1. The van der Waals surface area contributed by atoms with Crippen molar-refractivity contribution in [3.63, 3.8) is 0 Å². The second-order valence-corrected chi connectivity index (χ2v) is 5.01. The van der Waals surface area contributed by atoms with Gasteiger partial charge in [-0.1, -0.05) is 47.5 Å². The highest BCUT2D eigenvalue weighted by atomic mass is 35.5. The fourth-order valence-electron chi connectivity index (χ4n) is 2.07. The molecule has 1 unspecified atom stereocenters. The molecule has 100 valence electrons. The van der Waals surface area contributed by atoms with Crippen LogP contribution < -0.4 is 4.74 Å². The van der Waals surface area contributed by atoms with Crippen molar-refractivity contribution in [3.05, 3.63) is 64.2 Å². The zero-order valence-electron chi connectivity index (χ0n) is 11.1. The summed E-state index contributed by atoms with van der Waals surface area (Å²) in [7, 11) is 1.57. The lowest BCUT2D eigenvalue weighted by Gasteiger charge is -2.13. The highest BCUT2D eigenvalue weighted by Gasteiger charge is 2.11. The monoisotopic (exact) mass is 276 g/mol. The molecular formula is C16H17ClO2. The van der Waals surface area contributed by atoms with Gasteiger partial charge in [-0.3, -0.25) is 0 Å². The summed E-state index contributed by atoms with van der Waals surface area (Å²) in [5.74, 6) is 0.619. The van der Waals surface area contributed by atoms with Crippen LogP contribution in [0.2, 0.25) is 5.02 Å². The Labute approximate surface area is 118 Å². The standard InChI is InChI=1S/C16H17ClO2/c1-11-4-3-5-12(8-11)9-15(18)13-6-7-16(19-2)14(17)10-13/h3-8,10,15,18H,9H2,1-2H3. The van der Waals surface area contributed by atoms with Crippen LogP contribution >= 0.6 is 11.6 Å². The van der Waals surface area contributed by atoms with Crippen LogP contribution in [0.4, 0.5) is 0 Å². The molecule has 0 heterocycles. The molecule has 1 atom stereocenters. The van der Waals surface area contributed by atoms with Gasteiger partial charge >= 0.3 is 0 Å². The molecule has 0 amide bonds. The number of aliphatic hydroxyl groups is 1. The first-order valence-corrected chi connectivity index (χ1v) is 6.55. The molecule has 19 heavy (non-hydrogen) atoms. The molecule has 0 saturated carbocycles. The van der Waals surface area contributed by atoms with E-state index < -0.39 is 6.10 Å². The zero-order valence-corrected chi connectivity index (χ0v) is 11.8. The normalized spacial score (nSPS) is 12.2. The largest absolute Gasteiger partial charge is 0.495 e. The van der Waals surface area contributed by atoms with E-state index in [2.05, 4.69) is 6.07 Å². The first-order valence-electron chi connectivity index (χ1n) is 6.17. The molecule has 2 aromatic carbocycles. The molecule has 0 bridgehead atoms. The van der Waals surface area contributed by atoms with E-state index in [-0.39, 0.29) is 0 Å². The average Bonchev–Trinajstić information content (AvgIpc) is 2.38. The lowest BCUT2D eigenvalue weighted by atomic mass is 10.0. The second kappa shape index (κ2) is 6.09. The topological polar surface area (TPSA) is 29.5 Å². The molecule has 0 spiro atoms. The Balaban J connectivity index is 2.15. The molecule has 2 aromatic rings. The number of methoxy groups -OCH3 is 1. The van der Waals surface area contributed by atoms with E-state index in [1.165, 1.54) is 5.56 Å². The smallest absolute Gasteiger partial charge is 0.137 e. The molecule has 2 rings (SSSR count). The first kappa shape index (κ1) is 13.9. The third kappa shape index (κ3) is 3.49. The third-order valence-electron chi connectivity index (χ3n) is 3.07. The fraction of sp³-hybridized carbons (Fsp3) is 0.250. The van der Waals surface area contributed by atoms with Crippen LogP contribution in [-0.4, -0.2) is 12.2 Å². The number of benzene rings is 2. The third-order valence-corrected chi connectivity index (χ3v) is 3.37. The molecule has 0 saturated heterocycles. The van der Waals surface area contributed by atoms with Crippen molar-refractivity contribution in [2.75, 3.05) is 7.11 Å². The van der Waals surface area contributed by atoms with Crippen molar-refractivity contribution >= 4 is 11.6 Å². The lowest BCUT2D eigenvalue weighted by Crippen LogP contribution is -2.02. The summed E-state index contributed by atoms with van der Waals surface area (Å²) in [6.07, 6.45) is 0.00912. The van der Waals surface area contributed by atoms with E-state index in [1.54, 1.807) is 19.2 Å². The van der Waals surface area contributed by atoms with Gasteiger partial charge in [0, 0.05) is 6.42 Å². The fourth-order valence-corrected chi connectivity index (χ4v) is 2.34. The summed E-state index contributed by atoms with van der Waals surface area (Å²) in [6, 6.07) is 13.5. The van der Waals surface area contributed by atoms with Gasteiger partial charge in [0.05, 0.1) is 18.2 Å². The summed E-state index contributed by atoms with van der Waals surface area (Å²) in [5.41, 5.74) is 3.10. The van der Waals surface area contributed by atoms with E-state index in [1.807, 2.05) is 31.2 Å². The quantitative estimate of drug-likeness (QED) is 0.917. The molecule has 3 heteroatoms. The highest BCUT2D eigenvalue weighted by Crippen LogP contribution is 2.28. The summed E-state index contributed by atoms with van der Waals surface area (Å²) >= 11 is 6.07. The Morgan fingerprint density at radius 2 is 2.00 bits per heavy atom. The summed E-state index contributed by atoms with van der Waals surface area (Å²) in [4.78, 5) is 0.